The normalized spacial score (nSPS) is 12.0. The van der Waals surface area contributed by atoms with E-state index < -0.39 is 35.4 Å². The van der Waals surface area contributed by atoms with Gasteiger partial charge in [0.05, 0.1) is 24.2 Å². The monoisotopic (exact) mass is 655 g/mol. The number of halogens is 1. The summed E-state index contributed by atoms with van der Waals surface area (Å²) in [6.07, 6.45) is 3.82. The van der Waals surface area contributed by atoms with Crippen molar-refractivity contribution in [1.29, 1.82) is 0 Å². The van der Waals surface area contributed by atoms with Crippen LogP contribution in [0.2, 0.25) is 0 Å². The molecule has 0 aliphatic rings. The minimum atomic E-state index is -1.39. The van der Waals surface area contributed by atoms with Crippen molar-refractivity contribution in [3.05, 3.63) is 70.2 Å². The fraction of sp³-hybridized carbons (Fsp3) is 0.438. The van der Waals surface area contributed by atoms with Crippen LogP contribution in [0.4, 0.5) is 19.7 Å². The summed E-state index contributed by atoms with van der Waals surface area (Å²) < 4.78 is 21.5. The number of imidazole rings is 1. The number of fused-ring (bicyclic) bond motifs is 1. The van der Waals surface area contributed by atoms with Crippen LogP contribution in [0.1, 0.15) is 38.1 Å². The molecule has 15 heteroatoms. The number of carboxylic acid groups (broad SMARTS) is 1. The predicted octanol–water partition coefficient (Wildman–Crippen LogP) is 3.13. The average Bonchev–Trinajstić information content (AvgIpc) is 3.36. The van der Waals surface area contributed by atoms with Crippen LogP contribution in [-0.2, 0) is 27.3 Å². The molecule has 0 spiro atoms. The first kappa shape index (κ1) is 36.4. The Bertz CT molecular complexity index is 1700. The van der Waals surface area contributed by atoms with Crippen LogP contribution in [0.25, 0.3) is 11.0 Å². The molecule has 0 radical (unpaired) electrons. The second-order valence-corrected chi connectivity index (χ2v) is 11.6. The van der Waals surface area contributed by atoms with E-state index in [2.05, 4.69) is 15.6 Å². The van der Waals surface area contributed by atoms with Gasteiger partial charge >= 0.3 is 12.1 Å². The smallest absolute Gasteiger partial charge is 0.417 e. The van der Waals surface area contributed by atoms with Gasteiger partial charge in [-0.25, -0.2) is 23.5 Å². The SMILES string of the molecule is COCCN(C)C(=O)NC(CC/C=C/C(=O)N(C)C)C(=O)Nc1cccn(Cc2nc3c(CC(C)C)cc(F)cc3n2C(=O)O)c1=O. The number of ether oxygens (including phenoxy) is 1. The molecule has 3 rings (SSSR count). The number of hydrogen-bond acceptors (Lipinski definition) is 7. The standard InChI is InChI=1S/C32H42FN7O7/c1-20(2)16-21-17-22(33)18-25-28(21)36-26(40(25)32(45)46)19-39-13-9-11-24(30(39)43)34-29(42)23(10-7-8-12-27(41)37(3)4)35-31(44)38(5)14-15-47-6/h8-9,11-13,17-18,20,23H,7,10,14-16,19H2,1-6H3,(H,34,42)(H,35,44)(H,45,46)/b12-8+. The summed E-state index contributed by atoms with van der Waals surface area (Å²) in [5.41, 5.74) is 0.164. The molecule has 3 aromatic rings. The molecule has 0 bridgehead atoms. The van der Waals surface area contributed by atoms with Gasteiger partial charge in [-0.1, -0.05) is 19.9 Å². The third-order valence-corrected chi connectivity index (χ3v) is 7.20. The molecule has 0 saturated carbocycles. The molecule has 1 unspecified atom stereocenters. The van der Waals surface area contributed by atoms with Crippen molar-refractivity contribution in [1.82, 2.24) is 29.2 Å². The highest BCUT2D eigenvalue weighted by molar-refractivity contribution is 5.97. The number of benzene rings is 1. The van der Waals surface area contributed by atoms with Crippen molar-refractivity contribution in [3.8, 4) is 0 Å². The van der Waals surface area contributed by atoms with Crippen molar-refractivity contribution >= 4 is 40.7 Å². The largest absolute Gasteiger partial charge is 0.464 e. The molecule has 14 nitrogen and oxygen atoms in total. The molecule has 47 heavy (non-hydrogen) atoms. The Balaban J connectivity index is 1.90. The summed E-state index contributed by atoms with van der Waals surface area (Å²) in [5, 5.41) is 15.2. The molecule has 3 N–H and O–H groups in total. The number of urea groups is 1. The summed E-state index contributed by atoms with van der Waals surface area (Å²) in [6.45, 7) is 4.15. The Kier molecular flexibility index (Phi) is 12.8. The van der Waals surface area contributed by atoms with E-state index in [9.17, 15) is 33.5 Å². The van der Waals surface area contributed by atoms with Crippen molar-refractivity contribution < 1.29 is 33.4 Å². The maximum Gasteiger partial charge on any atom is 0.417 e. The third kappa shape index (κ3) is 9.72. The molecule has 1 aromatic carbocycles. The maximum absolute atomic E-state index is 14.5. The van der Waals surface area contributed by atoms with Crippen molar-refractivity contribution in [3.63, 3.8) is 0 Å². The summed E-state index contributed by atoms with van der Waals surface area (Å²) >= 11 is 0. The van der Waals surface area contributed by atoms with Gasteiger partial charge in [-0.2, -0.15) is 0 Å². The van der Waals surface area contributed by atoms with Crippen LogP contribution >= 0.6 is 0 Å². The molecule has 2 heterocycles. The van der Waals surface area contributed by atoms with E-state index in [-0.39, 0.29) is 61.4 Å². The Morgan fingerprint density at radius 1 is 1.17 bits per heavy atom. The molecular weight excluding hydrogens is 613 g/mol. The number of hydrogen-bond donors (Lipinski definition) is 3. The zero-order valence-electron chi connectivity index (χ0n) is 27.4. The number of amides is 4. The highest BCUT2D eigenvalue weighted by Crippen LogP contribution is 2.25. The Morgan fingerprint density at radius 3 is 2.53 bits per heavy atom. The first-order valence-electron chi connectivity index (χ1n) is 15.0. The molecule has 0 aliphatic carbocycles. The van der Waals surface area contributed by atoms with Gasteiger partial charge in [0, 0.05) is 47.1 Å². The molecule has 0 saturated heterocycles. The molecule has 0 fully saturated rings. The predicted molar refractivity (Wildman–Crippen MR) is 174 cm³/mol. The number of aromatic nitrogens is 3. The lowest BCUT2D eigenvalue weighted by atomic mass is 10.0. The lowest BCUT2D eigenvalue weighted by Gasteiger charge is -2.23. The van der Waals surface area contributed by atoms with Crippen LogP contribution in [-0.4, -0.2) is 100 Å². The molecular formula is C32H42FN7O7. The van der Waals surface area contributed by atoms with E-state index in [0.717, 1.165) is 10.6 Å². The van der Waals surface area contributed by atoms with Gasteiger partial charge in [-0.15, -0.1) is 0 Å². The van der Waals surface area contributed by atoms with E-state index in [1.54, 1.807) is 27.2 Å². The van der Waals surface area contributed by atoms with Crippen LogP contribution in [0.5, 0.6) is 0 Å². The molecule has 0 aliphatic heterocycles. The number of methoxy groups -OCH3 is 1. The van der Waals surface area contributed by atoms with Gasteiger partial charge in [0.25, 0.3) is 5.56 Å². The molecule has 2 aromatic heterocycles. The fourth-order valence-electron chi connectivity index (χ4n) is 4.76. The summed E-state index contributed by atoms with van der Waals surface area (Å²) in [6, 6.07) is 3.68. The number of carbonyl (C=O) groups excluding carboxylic acids is 3. The number of rotatable bonds is 14. The molecule has 4 amide bonds. The van der Waals surface area contributed by atoms with E-state index in [1.165, 1.54) is 51.9 Å². The molecule has 1 atom stereocenters. The second-order valence-electron chi connectivity index (χ2n) is 11.6. The average molecular weight is 656 g/mol. The first-order chi connectivity index (χ1) is 22.2. The van der Waals surface area contributed by atoms with Gasteiger partial charge in [0.1, 0.15) is 23.4 Å². The topological polar surface area (TPSA) is 168 Å². The van der Waals surface area contributed by atoms with Crippen LogP contribution in [0, 0.1) is 11.7 Å². The zero-order valence-corrected chi connectivity index (χ0v) is 27.4. The van der Waals surface area contributed by atoms with Crippen LogP contribution in [0.15, 0.2) is 47.4 Å². The summed E-state index contributed by atoms with van der Waals surface area (Å²) in [5.74, 6) is -1.38. The Hall–Kier alpha value is -5.05. The highest BCUT2D eigenvalue weighted by atomic mass is 19.1. The number of pyridine rings is 1. The maximum atomic E-state index is 14.5. The summed E-state index contributed by atoms with van der Waals surface area (Å²) in [7, 11) is 6.25. The van der Waals surface area contributed by atoms with Crippen molar-refractivity contribution in [2.75, 3.05) is 46.7 Å². The minimum Gasteiger partial charge on any atom is -0.464 e. The lowest BCUT2D eigenvalue weighted by molar-refractivity contribution is -0.123. The third-order valence-electron chi connectivity index (χ3n) is 7.20. The number of likely N-dealkylation sites (N-methyl/N-ethyl adjacent to an activating group) is 2. The van der Waals surface area contributed by atoms with Crippen LogP contribution in [0.3, 0.4) is 0 Å². The quantitative estimate of drug-likeness (QED) is 0.223. The number of allylic oxidation sites excluding steroid dienone is 1. The number of carbonyl (C=O) groups is 4. The van der Waals surface area contributed by atoms with Crippen LogP contribution < -0.4 is 16.2 Å². The summed E-state index contributed by atoms with van der Waals surface area (Å²) in [4.78, 5) is 71.1. The first-order valence-corrected chi connectivity index (χ1v) is 15.0. The zero-order chi connectivity index (χ0) is 34.8. The number of nitrogens with one attached hydrogen (secondary N) is 2. The second kappa shape index (κ2) is 16.5. The van der Waals surface area contributed by atoms with Crippen molar-refractivity contribution in [2.45, 2.75) is 45.7 Å². The number of anilines is 1. The Labute approximate surface area is 271 Å². The van der Waals surface area contributed by atoms with E-state index in [1.807, 2.05) is 13.8 Å². The highest BCUT2D eigenvalue weighted by Gasteiger charge is 2.24. The van der Waals surface area contributed by atoms with Gasteiger partial charge < -0.3 is 34.8 Å². The van der Waals surface area contributed by atoms with Gasteiger partial charge in [-0.05, 0) is 55.0 Å². The molecule has 254 valence electrons. The fourth-order valence-corrected chi connectivity index (χ4v) is 4.76. The van der Waals surface area contributed by atoms with E-state index in [4.69, 9.17) is 4.74 Å². The van der Waals surface area contributed by atoms with E-state index >= 15 is 0 Å². The van der Waals surface area contributed by atoms with Gasteiger partial charge in [-0.3, -0.25) is 14.4 Å². The van der Waals surface area contributed by atoms with Gasteiger partial charge in [0.15, 0.2) is 0 Å². The van der Waals surface area contributed by atoms with E-state index in [0.29, 0.717) is 17.5 Å². The minimum absolute atomic E-state index is 0.0167. The number of nitrogens with zero attached hydrogens (tertiary/aromatic N) is 5. The Morgan fingerprint density at radius 2 is 1.89 bits per heavy atom. The van der Waals surface area contributed by atoms with Crippen molar-refractivity contribution in [2.24, 2.45) is 5.92 Å². The lowest BCUT2D eigenvalue weighted by Crippen LogP contribution is -2.49. The van der Waals surface area contributed by atoms with Gasteiger partial charge in [0.2, 0.25) is 11.8 Å².